The molecular weight excluding hydrogens is 210 g/mol. The molecule has 1 aromatic heterocycles. The Morgan fingerprint density at radius 3 is 2.80 bits per heavy atom. The van der Waals surface area contributed by atoms with Gasteiger partial charge in [0.05, 0.1) is 12.7 Å². The van der Waals surface area contributed by atoms with Gasteiger partial charge < -0.3 is 9.88 Å². The molecule has 0 bridgehead atoms. The van der Waals surface area contributed by atoms with E-state index in [2.05, 4.69) is 17.2 Å². The average Bonchev–Trinajstić information content (AvgIpc) is 2.54. The van der Waals surface area contributed by atoms with Crippen molar-refractivity contribution < 1.29 is 0 Å². The summed E-state index contributed by atoms with van der Waals surface area (Å²) in [6.07, 6.45) is 6.86. The molecule has 1 aromatic rings. The highest BCUT2D eigenvalue weighted by atomic mass is 35.5. The van der Waals surface area contributed by atoms with Crippen LogP contribution in [0, 0.1) is 0 Å². The third kappa shape index (κ3) is 4.22. The van der Waals surface area contributed by atoms with Gasteiger partial charge in [0.15, 0.2) is 0 Å². The largest absolute Gasteiger partial charge is 0.321 e. The third-order valence-corrected chi connectivity index (χ3v) is 2.87. The van der Waals surface area contributed by atoms with Crippen molar-refractivity contribution in [2.75, 3.05) is 6.54 Å². The van der Waals surface area contributed by atoms with Gasteiger partial charge in [0.25, 0.3) is 0 Å². The number of nitrogens with one attached hydrogen (secondary N) is 1. The molecule has 4 heteroatoms. The fourth-order valence-corrected chi connectivity index (χ4v) is 1.61. The molecule has 3 nitrogen and oxygen atoms in total. The molecule has 0 amide bonds. The molecule has 0 aromatic carbocycles. The smallest absolute Gasteiger partial charge is 0.128 e. The lowest BCUT2D eigenvalue weighted by Gasteiger charge is -2.04. The number of imidazole rings is 1. The zero-order valence-corrected chi connectivity index (χ0v) is 10.3. The number of aromatic nitrogens is 2. The Bertz CT molecular complexity index is 283. The fourth-order valence-electron chi connectivity index (χ4n) is 1.47. The van der Waals surface area contributed by atoms with E-state index in [1.165, 1.54) is 25.7 Å². The second-order valence-corrected chi connectivity index (χ2v) is 4.18. The first-order valence-corrected chi connectivity index (χ1v) is 6.00. The van der Waals surface area contributed by atoms with Gasteiger partial charge in [-0.05, 0) is 13.0 Å². The van der Waals surface area contributed by atoms with Gasteiger partial charge in [0.1, 0.15) is 11.0 Å². The van der Waals surface area contributed by atoms with Gasteiger partial charge in [-0.2, -0.15) is 0 Å². The summed E-state index contributed by atoms with van der Waals surface area (Å²) in [7, 11) is 1.93. The summed E-state index contributed by atoms with van der Waals surface area (Å²) in [5, 5.41) is 4.07. The Balaban J connectivity index is 2.12. The number of unbranched alkanes of at least 4 members (excludes halogenated alkanes) is 3. The molecule has 1 heterocycles. The van der Waals surface area contributed by atoms with Crippen molar-refractivity contribution in [3.8, 4) is 0 Å². The van der Waals surface area contributed by atoms with Gasteiger partial charge in [-0.25, -0.2) is 4.98 Å². The van der Waals surface area contributed by atoms with Crippen LogP contribution in [0.2, 0.25) is 5.15 Å². The molecule has 0 aliphatic rings. The second kappa shape index (κ2) is 6.85. The van der Waals surface area contributed by atoms with Crippen LogP contribution < -0.4 is 5.32 Å². The lowest BCUT2D eigenvalue weighted by molar-refractivity contribution is 0.579. The summed E-state index contributed by atoms with van der Waals surface area (Å²) in [4.78, 5) is 4.22. The van der Waals surface area contributed by atoms with Crippen molar-refractivity contribution in [1.82, 2.24) is 14.9 Å². The normalized spacial score (nSPS) is 10.9. The fraction of sp³-hybridized carbons (Fsp3) is 0.727. The van der Waals surface area contributed by atoms with Crippen LogP contribution in [0.25, 0.3) is 0 Å². The lowest BCUT2D eigenvalue weighted by atomic mass is 10.2. The highest BCUT2D eigenvalue weighted by Gasteiger charge is 2.02. The van der Waals surface area contributed by atoms with E-state index in [9.17, 15) is 0 Å². The van der Waals surface area contributed by atoms with E-state index in [0.717, 1.165) is 18.9 Å². The summed E-state index contributed by atoms with van der Waals surface area (Å²) in [5.41, 5.74) is 0. The minimum Gasteiger partial charge on any atom is -0.321 e. The molecule has 1 rings (SSSR count). The predicted molar refractivity (Wildman–Crippen MR) is 64.1 cm³/mol. The number of hydrogen-bond donors (Lipinski definition) is 1. The van der Waals surface area contributed by atoms with E-state index in [4.69, 9.17) is 11.6 Å². The highest BCUT2D eigenvalue weighted by molar-refractivity contribution is 6.29. The molecule has 0 atom stereocenters. The van der Waals surface area contributed by atoms with Crippen molar-refractivity contribution in [2.24, 2.45) is 7.05 Å². The van der Waals surface area contributed by atoms with Crippen LogP contribution in [0.4, 0.5) is 0 Å². The Morgan fingerprint density at radius 2 is 2.20 bits per heavy atom. The first-order valence-electron chi connectivity index (χ1n) is 5.62. The van der Waals surface area contributed by atoms with Crippen LogP contribution in [0.3, 0.4) is 0 Å². The third-order valence-electron chi connectivity index (χ3n) is 2.52. The lowest BCUT2D eigenvalue weighted by Crippen LogP contribution is -2.17. The summed E-state index contributed by atoms with van der Waals surface area (Å²) in [6.45, 7) is 4.09. The van der Waals surface area contributed by atoms with Crippen molar-refractivity contribution in [1.29, 1.82) is 0 Å². The van der Waals surface area contributed by atoms with Gasteiger partial charge in [-0.3, -0.25) is 0 Å². The minimum absolute atomic E-state index is 0.692. The molecule has 0 fully saturated rings. The molecule has 15 heavy (non-hydrogen) atoms. The number of halogens is 1. The van der Waals surface area contributed by atoms with Crippen LogP contribution in [-0.4, -0.2) is 16.1 Å². The Labute approximate surface area is 96.8 Å². The maximum atomic E-state index is 5.88. The number of hydrogen-bond acceptors (Lipinski definition) is 2. The molecule has 0 aliphatic carbocycles. The maximum Gasteiger partial charge on any atom is 0.128 e. The van der Waals surface area contributed by atoms with E-state index in [1.807, 2.05) is 11.6 Å². The molecule has 0 saturated carbocycles. The molecule has 0 radical (unpaired) electrons. The molecule has 0 aliphatic heterocycles. The first-order chi connectivity index (χ1) is 7.25. The zero-order chi connectivity index (χ0) is 11.1. The molecule has 0 spiro atoms. The maximum absolute atomic E-state index is 5.88. The highest BCUT2D eigenvalue weighted by Crippen LogP contribution is 2.08. The van der Waals surface area contributed by atoms with Crippen LogP contribution in [0.15, 0.2) is 6.20 Å². The van der Waals surface area contributed by atoms with Gasteiger partial charge in [0, 0.05) is 7.05 Å². The quantitative estimate of drug-likeness (QED) is 0.729. The van der Waals surface area contributed by atoms with E-state index < -0.39 is 0 Å². The Hall–Kier alpha value is -0.540. The predicted octanol–water partition coefficient (Wildman–Crippen LogP) is 2.74. The molecule has 1 N–H and O–H groups in total. The van der Waals surface area contributed by atoms with Gasteiger partial charge in [-0.15, -0.1) is 0 Å². The number of nitrogens with zero attached hydrogens (tertiary/aromatic N) is 2. The Morgan fingerprint density at radius 1 is 1.40 bits per heavy atom. The number of rotatable bonds is 7. The first kappa shape index (κ1) is 12.5. The van der Waals surface area contributed by atoms with E-state index in [-0.39, 0.29) is 0 Å². The minimum atomic E-state index is 0.692. The van der Waals surface area contributed by atoms with Gasteiger partial charge >= 0.3 is 0 Å². The van der Waals surface area contributed by atoms with Crippen molar-refractivity contribution in [3.63, 3.8) is 0 Å². The monoisotopic (exact) mass is 229 g/mol. The average molecular weight is 230 g/mol. The standard InChI is InChI=1S/C11H20ClN3/c1-3-4-5-6-7-13-9-11-14-8-10(12)15(11)2/h8,13H,3-7,9H2,1-2H3. The van der Waals surface area contributed by atoms with E-state index >= 15 is 0 Å². The molecular formula is C11H20ClN3. The SMILES string of the molecule is CCCCCCNCc1ncc(Cl)n1C. The van der Waals surface area contributed by atoms with Gasteiger partial charge in [0.2, 0.25) is 0 Å². The summed E-state index contributed by atoms with van der Waals surface area (Å²) < 4.78 is 1.90. The Kier molecular flexibility index (Phi) is 5.73. The van der Waals surface area contributed by atoms with Gasteiger partial charge in [-0.1, -0.05) is 37.8 Å². The topological polar surface area (TPSA) is 29.9 Å². The van der Waals surface area contributed by atoms with Crippen LogP contribution in [-0.2, 0) is 13.6 Å². The van der Waals surface area contributed by atoms with Crippen molar-refractivity contribution in [2.45, 2.75) is 39.2 Å². The summed E-state index contributed by atoms with van der Waals surface area (Å²) >= 11 is 5.88. The van der Waals surface area contributed by atoms with Crippen LogP contribution >= 0.6 is 11.6 Å². The van der Waals surface area contributed by atoms with Crippen molar-refractivity contribution >= 4 is 11.6 Å². The molecule has 0 saturated heterocycles. The molecule has 86 valence electrons. The second-order valence-electron chi connectivity index (χ2n) is 3.79. The van der Waals surface area contributed by atoms with E-state index in [0.29, 0.717) is 5.15 Å². The van der Waals surface area contributed by atoms with Crippen molar-refractivity contribution in [3.05, 3.63) is 17.2 Å². The zero-order valence-electron chi connectivity index (χ0n) is 9.59. The van der Waals surface area contributed by atoms with Crippen LogP contribution in [0.1, 0.15) is 38.4 Å². The summed E-state index contributed by atoms with van der Waals surface area (Å²) in [5.74, 6) is 0.996. The van der Waals surface area contributed by atoms with E-state index in [1.54, 1.807) is 6.20 Å². The molecule has 0 unspecified atom stereocenters. The van der Waals surface area contributed by atoms with Crippen LogP contribution in [0.5, 0.6) is 0 Å². The summed E-state index contributed by atoms with van der Waals surface area (Å²) in [6, 6.07) is 0.